The van der Waals surface area contributed by atoms with Crippen LogP contribution < -0.4 is 4.72 Å². The van der Waals surface area contributed by atoms with Crippen LogP contribution >= 0.6 is 0 Å². The molecule has 2 rings (SSSR count). The molecule has 2 N–H and O–H groups in total. The van der Waals surface area contributed by atoms with Gasteiger partial charge in [0.05, 0.1) is 6.20 Å². The number of aliphatic carboxylic acids is 1. The molecule has 0 bridgehead atoms. The number of rotatable bonds is 4. The van der Waals surface area contributed by atoms with Gasteiger partial charge in [0.25, 0.3) is 10.0 Å². The zero-order chi connectivity index (χ0) is 12.6. The number of aromatic nitrogens is 2. The maximum Gasteiger partial charge on any atom is 0.321 e. The van der Waals surface area contributed by atoms with E-state index in [4.69, 9.17) is 5.11 Å². The van der Waals surface area contributed by atoms with Crippen molar-refractivity contribution in [1.82, 2.24) is 14.3 Å². The molecule has 7 nitrogen and oxygen atoms in total. The number of imidazole rings is 1. The van der Waals surface area contributed by atoms with Crippen LogP contribution in [-0.2, 0) is 27.8 Å². The van der Waals surface area contributed by atoms with E-state index < -0.39 is 22.0 Å². The minimum atomic E-state index is -3.82. The van der Waals surface area contributed by atoms with Crippen molar-refractivity contribution in [2.45, 2.75) is 37.4 Å². The smallest absolute Gasteiger partial charge is 0.321 e. The molecular weight excluding hydrogens is 246 g/mol. The zero-order valence-corrected chi connectivity index (χ0v) is 10.1. The van der Waals surface area contributed by atoms with Crippen molar-refractivity contribution in [3.05, 3.63) is 12.0 Å². The highest BCUT2D eigenvalue weighted by molar-refractivity contribution is 7.89. The number of carbonyl (C=O) groups is 1. The van der Waals surface area contributed by atoms with E-state index in [0.717, 1.165) is 18.7 Å². The predicted molar refractivity (Wildman–Crippen MR) is 58.0 cm³/mol. The molecule has 0 amide bonds. The number of fused-ring (bicyclic) bond motifs is 1. The van der Waals surface area contributed by atoms with Crippen LogP contribution in [0.2, 0.25) is 0 Å². The van der Waals surface area contributed by atoms with Gasteiger partial charge in [-0.2, -0.15) is 4.72 Å². The highest BCUT2D eigenvalue weighted by Gasteiger charge is 2.27. The topological polar surface area (TPSA) is 101 Å². The molecule has 1 aromatic heterocycles. The second-order valence-corrected chi connectivity index (χ2v) is 5.61. The molecule has 0 spiro atoms. The molecule has 94 valence electrons. The molecule has 1 atom stereocenters. The lowest BCUT2D eigenvalue weighted by molar-refractivity contribution is -0.138. The van der Waals surface area contributed by atoms with E-state index in [0.29, 0.717) is 6.54 Å². The molecule has 0 fully saturated rings. The fourth-order valence-electron chi connectivity index (χ4n) is 1.79. The second-order valence-electron chi connectivity index (χ2n) is 3.95. The van der Waals surface area contributed by atoms with Gasteiger partial charge >= 0.3 is 5.97 Å². The molecule has 0 saturated heterocycles. The molecule has 2 heterocycles. The van der Waals surface area contributed by atoms with Crippen LogP contribution in [0.15, 0.2) is 11.2 Å². The monoisotopic (exact) mass is 259 g/mol. The minimum Gasteiger partial charge on any atom is -0.480 e. The van der Waals surface area contributed by atoms with Gasteiger partial charge in [-0.15, -0.1) is 0 Å². The summed E-state index contributed by atoms with van der Waals surface area (Å²) in [6, 6.07) is -1.16. The first-order chi connectivity index (χ1) is 7.92. The third-order valence-corrected chi connectivity index (χ3v) is 4.20. The van der Waals surface area contributed by atoms with Crippen LogP contribution in [0.25, 0.3) is 0 Å². The SMILES string of the molecule is C[C@H](NS(=O)(=O)c1cnc2n1CCC2)C(=O)O. The number of aryl methyl sites for hydroxylation is 1. The van der Waals surface area contributed by atoms with Crippen molar-refractivity contribution < 1.29 is 18.3 Å². The summed E-state index contributed by atoms with van der Waals surface area (Å²) in [5.41, 5.74) is 0. The molecule has 0 unspecified atom stereocenters. The molecule has 0 saturated carbocycles. The van der Waals surface area contributed by atoms with Gasteiger partial charge in [-0.1, -0.05) is 0 Å². The molecular formula is C9H13N3O4S. The summed E-state index contributed by atoms with van der Waals surface area (Å²) >= 11 is 0. The van der Waals surface area contributed by atoms with Crippen molar-refractivity contribution in [3.8, 4) is 0 Å². The summed E-state index contributed by atoms with van der Waals surface area (Å²) in [5.74, 6) is -0.483. The fraction of sp³-hybridized carbons (Fsp3) is 0.556. The molecule has 1 aliphatic rings. The van der Waals surface area contributed by atoms with Gasteiger partial charge in [0.1, 0.15) is 11.9 Å². The van der Waals surface area contributed by atoms with E-state index in [1.807, 2.05) is 0 Å². The van der Waals surface area contributed by atoms with Crippen molar-refractivity contribution >= 4 is 16.0 Å². The maximum atomic E-state index is 11.9. The lowest BCUT2D eigenvalue weighted by atomic mass is 10.4. The van der Waals surface area contributed by atoms with E-state index in [1.54, 1.807) is 4.57 Å². The zero-order valence-electron chi connectivity index (χ0n) is 9.25. The molecule has 17 heavy (non-hydrogen) atoms. The molecule has 0 aliphatic carbocycles. The van der Waals surface area contributed by atoms with E-state index in [-0.39, 0.29) is 5.03 Å². The van der Waals surface area contributed by atoms with Crippen LogP contribution in [0.4, 0.5) is 0 Å². The van der Waals surface area contributed by atoms with Gasteiger partial charge in [0, 0.05) is 13.0 Å². The van der Waals surface area contributed by atoms with Crippen LogP contribution in [-0.4, -0.2) is 35.1 Å². The van der Waals surface area contributed by atoms with Gasteiger partial charge in [0.2, 0.25) is 0 Å². The first kappa shape index (κ1) is 12.1. The Morgan fingerprint density at radius 3 is 3.00 bits per heavy atom. The summed E-state index contributed by atoms with van der Waals surface area (Å²) in [5, 5.41) is 8.73. The Morgan fingerprint density at radius 1 is 1.65 bits per heavy atom. The normalized spacial score (nSPS) is 16.8. The molecule has 8 heteroatoms. The number of nitrogens with one attached hydrogen (secondary N) is 1. The molecule has 1 aliphatic heterocycles. The van der Waals surface area contributed by atoms with Crippen molar-refractivity contribution in [1.29, 1.82) is 0 Å². The van der Waals surface area contributed by atoms with E-state index in [9.17, 15) is 13.2 Å². The summed E-state index contributed by atoms with van der Waals surface area (Å²) in [7, 11) is -3.82. The largest absolute Gasteiger partial charge is 0.480 e. The number of sulfonamides is 1. The Kier molecular flexibility index (Phi) is 2.92. The molecule has 0 radical (unpaired) electrons. The number of hydrogen-bond acceptors (Lipinski definition) is 4. The predicted octanol–water partition coefficient (Wildman–Crippen LogP) is -0.419. The van der Waals surface area contributed by atoms with E-state index >= 15 is 0 Å². The highest BCUT2D eigenvalue weighted by atomic mass is 32.2. The molecule has 1 aromatic rings. The first-order valence-corrected chi connectivity index (χ1v) is 6.69. The fourth-order valence-corrected chi connectivity index (χ4v) is 3.15. The third kappa shape index (κ3) is 2.18. The number of nitrogens with zero attached hydrogens (tertiary/aromatic N) is 2. The van der Waals surface area contributed by atoms with Gasteiger partial charge in [-0.3, -0.25) is 4.79 Å². The van der Waals surface area contributed by atoms with Crippen LogP contribution in [0.5, 0.6) is 0 Å². The van der Waals surface area contributed by atoms with Crippen molar-refractivity contribution in [2.75, 3.05) is 0 Å². The summed E-state index contributed by atoms with van der Waals surface area (Å²) < 4.78 is 27.6. The molecule has 0 aromatic carbocycles. The van der Waals surface area contributed by atoms with Gasteiger partial charge < -0.3 is 9.67 Å². The van der Waals surface area contributed by atoms with Crippen molar-refractivity contribution in [3.63, 3.8) is 0 Å². The van der Waals surface area contributed by atoms with E-state index in [1.165, 1.54) is 13.1 Å². The second kappa shape index (κ2) is 4.11. The van der Waals surface area contributed by atoms with Crippen LogP contribution in [0.1, 0.15) is 19.2 Å². The number of carboxylic acids is 1. The van der Waals surface area contributed by atoms with Gasteiger partial charge in [0.15, 0.2) is 5.03 Å². The Bertz CT molecular complexity index is 549. The van der Waals surface area contributed by atoms with E-state index in [2.05, 4.69) is 9.71 Å². The van der Waals surface area contributed by atoms with Gasteiger partial charge in [-0.05, 0) is 13.3 Å². The van der Waals surface area contributed by atoms with Crippen molar-refractivity contribution in [2.24, 2.45) is 0 Å². The standard InChI is InChI=1S/C9H13N3O4S/c1-6(9(13)14)11-17(15,16)8-5-10-7-3-2-4-12(7)8/h5-6,11H,2-4H2,1H3,(H,13,14)/t6-/m0/s1. The minimum absolute atomic E-state index is 0.0399. The number of hydrogen-bond donors (Lipinski definition) is 2. The number of carboxylic acid groups (broad SMARTS) is 1. The quantitative estimate of drug-likeness (QED) is 0.764. The summed E-state index contributed by atoms with van der Waals surface area (Å²) in [6.07, 6.45) is 2.88. The Balaban J connectivity index is 2.29. The Hall–Kier alpha value is -1.41. The Labute approximate surface area is 98.5 Å². The third-order valence-electron chi connectivity index (χ3n) is 2.66. The van der Waals surface area contributed by atoms with Crippen LogP contribution in [0, 0.1) is 0 Å². The summed E-state index contributed by atoms with van der Waals surface area (Å²) in [4.78, 5) is 14.6. The van der Waals surface area contributed by atoms with Gasteiger partial charge in [-0.25, -0.2) is 13.4 Å². The Morgan fingerprint density at radius 2 is 2.35 bits per heavy atom. The maximum absolute atomic E-state index is 11.9. The van der Waals surface area contributed by atoms with Crippen LogP contribution in [0.3, 0.4) is 0 Å². The summed E-state index contributed by atoms with van der Waals surface area (Å²) in [6.45, 7) is 1.88. The first-order valence-electron chi connectivity index (χ1n) is 5.21. The highest BCUT2D eigenvalue weighted by Crippen LogP contribution is 2.19. The lowest BCUT2D eigenvalue weighted by Gasteiger charge is -2.10. The average Bonchev–Trinajstić information content (AvgIpc) is 2.75. The lowest BCUT2D eigenvalue weighted by Crippen LogP contribution is -2.39. The average molecular weight is 259 g/mol.